The molecule has 13 heavy (non-hydrogen) atoms. The second-order valence-electron chi connectivity index (χ2n) is 3.78. The monoisotopic (exact) mass is 184 g/mol. The number of carbonyl (C=O) groups is 1. The van der Waals surface area contributed by atoms with Gasteiger partial charge in [0.05, 0.1) is 13.0 Å². The summed E-state index contributed by atoms with van der Waals surface area (Å²) in [5.41, 5.74) is -0.0811. The van der Waals surface area contributed by atoms with E-state index in [0.717, 1.165) is 6.42 Å². The van der Waals surface area contributed by atoms with Crippen LogP contribution in [0.5, 0.6) is 0 Å². The van der Waals surface area contributed by atoms with Crippen LogP contribution in [-0.2, 0) is 9.53 Å². The molecule has 0 aromatic heterocycles. The van der Waals surface area contributed by atoms with Crippen molar-refractivity contribution in [2.45, 2.75) is 40.5 Å². The van der Waals surface area contributed by atoms with E-state index in [1.54, 1.807) is 0 Å². The first-order chi connectivity index (χ1) is 6.02. The highest BCUT2D eigenvalue weighted by Gasteiger charge is 2.19. The fourth-order valence-corrected chi connectivity index (χ4v) is 1.08. The molecule has 0 spiro atoms. The average Bonchev–Trinajstić information content (AvgIpc) is 2.00. The lowest BCUT2D eigenvalue weighted by atomic mass is 9.89. The molecule has 0 aliphatic carbocycles. The minimum atomic E-state index is -0.117. The van der Waals surface area contributed by atoms with Crippen molar-refractivity contribution >= 4 is 5.97 Å². The van der Waals surface area contributed by atoms with E-state index < -0.39 is 0 Å². The lowest BCUT2D eigenvalue weighted by Crippen LogP contribution is -2.16. The molecule has 0 saturated carbocycles. The standard InChI is InChI=1S/C11H20O2/c1-5-7-8-11(3,4)9-10(12)13-6-2/h7-8H,5-6,9H2,1-4H3. The number of ether oxygens (including phenoxy) is 1. The van der Waals surface area contributed by atoms with E-state index >= 15 is 0 Å². The topological polar surface area (TPSA) is 26.3 Å². The molecule has 0 radical (unpaired) electrons. The largest absolute Gasteiger partial charge is 0.466 e. The molecule has 0 N–H and O–H groups in total. The van der Waals surface area contributed by atoms with E-state index in [1.165, 1.54) is 0 Å². The van der Waals surface area contributed by atoms with E-state index in [-0.39, 0.29) is 11.4 Å². The maximum Gasteiger partial charge on any atom is 0.306 e. The normalized spacial score (nSPS) is 12.0. The molecule has 0 saturated heterocycles. The van der Waals surface area contributed by atoms with Crippen LogP contribution in [0.15, 0.2) is 12.2 Å². The minimum absolute atomic E-state index is 0.0811. The van der Waals surface area contributed by atoms with Crippen molar-refractivity contribution in [2.24, 2.45) is 5.41 Å². The summed E-state index contributed by atoms with van der Waals surface area (Å²) in [5, 5.41) is 0. The third-order valence-corrected chi connectivity index (χ3v) is 1.71. The Balaban J connectivity index is 4.00. The molecule has 2 nitrogen and oxygen atoms in total. The lowest BCUT2D eigenvalue weighted by Gasteiger charge is -2.18. The lowest BCUT2D eigenvalue weighted by molar-refractivity contribution is -0.144. The van der Waals surface area contributed by atoms with E-state index in [2.05, 4.69) is 19.1 Å². The van der Waals surface area contributed by atoms with Crippen molar-refractivity contribution in [3.8, 4) is 0 Å². The Labute approximate surface area is 81.0 Å². The number of allylic oxidation sites excluding steroid dienone is 2. The number of rotatable bonds is 5. The summed E-state index contributed by atoms with van der Waals surface area (Å²) in [6.45, 7) is 8.45. The van der Waals surface area contributed by atoms with Crippen molar-refractivity contribution < 1.29 is 9.53 Å². The third-order valence-electron chi connectivity index (χ3n) is 1.71. The molecular weight excluding hydrogens is 164 g/mol. The van der Waals surface area contributed by atoms with Gasteiger partial charge in [0.1, 0.15) is 0 Å². The highest BCUT2D eigenvalue weighted by atomic mass is 16.5. The van der Waals surface area contributed by atoms with Crippen molar-refractivity contribution in [1.82, 2.24) is 0 Å². The molecule has 0 heterocycles. The second-order valence-corrected chi connectivity index (χ2v) is 3.78. The third kappa shape index (κ3) is 6.38. The molecule has 0 aromatic carbocycles. The summed E-state index contributed by atoms with van der Waals surface area (Å²) in [6.07, 6.45) is 5.62. The summed E-state index contributed by atoms with van der Waals surface area (Å²) in [6, 6.07) is 0. The molecule has 0 aliphatic rings. The Morgan fingerprint density at radius 3 is 2.46 bits per heavy atom. The second kappa shape index (κ2) is 5.79. The van der Waals surface area contributed by atoms with Gasteiger partial charge in [-0.3, -0.25) is 4.79 Å². The summed E-state index contributed by atoms with van der Waals surface area (Å²) in [5.74, 6) is -0.117. The summed E-state index contributed by atoms with van der Waals surface area (Å²) >= 11 is 0. The van der Waals surface area contributed by atoms with E-state index in [0.29, 0.717) is 13.0 Å². The van der Waals surface area contributed by atoms with Gasteiger partial charge in [0.2, 0.25) is 0 Å². The zero-order valence-electron chi connectivity index (χ0n) is 9.09. The van der Waals surface area contributed by atoms with Crippen LogP contribution in [0.4, 0.5) is 0 Å². The SMILES string of the molecule is CCC=CC(C)(C)CC(=O)OCC. The van der Waals surface area contributed by atoms with Crippen LogP contribution in [0.25, 0.3) is 0 Å². The predicted octanol–water partition coefficient (Wildman–Crippen LogP) is 2.93. The minimum Gasteiger partial charge on any atom is -0.466 e. The van der Waals surface area contributed by atoms with Crippen LogP contribution >= 0.6 is 0 Å². The van der Waals surface area contributed by atoms with Gasteiger partial charge in [0.15, 0.2) is 0 Å². The quantitative estimate of drug-likeness (QED) is 0.485. The van der Waals surface area contributed by atoms with Gasteiger partial charge in [0.25, 0.3) is 0 Å². The maximum absolute atomic E-state index is 11.2. The molecule has 0 fully saturated rings. The first-order valence-corrected chi connectivity index (χ1v) is 4.85. The predicted molar refractivity (Wildman–Crippen MR) is 54.5 cm³/mol. The highest BCUT2D eigenvalue weighted by molar-refractivity contribution is 5.70. The van der Waals surface area contributed by atoms with Gasteiger partial charge in [-0.15, -0.1) is 0 Å². The van der Waals surface area contributed by atoms with E-state index in [9.17, 15) is 4.79 Å². The Morgan fingerprint density at radius 1 is 1.38 bits per heavy atom. The molecule has 0 aromatic rings. The van der Waals surface area contributed by atoms with Gasteiger partial charge < -0.3 is 4.74 Å². The van der Waals surface area contributed by atoms with Gasteiger partial charge in [-0.2, -0.15) is 0 Å². The van der Waals surface area contributed by atoms with Gasteiger partial charge >= 0.3 is 5.97 Å². The molecule has 0 amide bonds. The fraction of sp³-hybridized carbons (Fsp3) is 0.727. The molecule has 2 heteroatoms. The van der Waals surface area contributed by atoms with Crippen molar-refractivity contribution in [3.63, 3.8) is 0 Å². The Morgan fingerprint density at radius 2 is 2.00 bits per heavy atom. The van der Waals surface area contributed by atoms with Crippen LogP contribution in [0.3, 0.4) is 0 Å². The molecular formula is C11H20O2. The maximum atomic E-state index is 11.2. The van der Waals surface area contributed by atoms with Gasteiger partial charge in [-0.1, -0.05) is 32.9 Å². The van der Waals surface area contributed by atoms with Crippen molar-refractivity contribution in [2.75, 3.05) is 6.61 Å². The smallest absolute Gasteiger partial charge is 0.306 e. The zero-order valence-corrected chi connectivity index (χ0v) is 9.09. The summed E-state index contributed by atoms with van der Waals surface area (Å²) in [7, 11) is 0. The van der Waals surface area contributed by atoms with Crippen LogP contribution in [0.1, 0.15) is 40.5 Å². The van der Waals surface area contributed by atoms with Gasteiger partial charge in [0, 0.05) is 0 Å². The van der Waals surface area contributed by atoms with Gasteiger partial charge in [-0.05, 0) is 18.8 Å². The van der Waals surface area contributed by atoms with Crippen LogP contribution < -0.4 is 0 Å². The number of hydrogen-bond donors (Lipinski definition) is 0. The van der Waals surface area contributed by atoms with E-state index in [4.69, 9.17) is 4.74 Å². The molecule has 0 atom stereocenters. The van der Waals surface area contributed by atoms with Gasteiger partial charge in [-0.25, -0.2) is 0 Å². The number of hydrogen-bond acceptors (Lipinski definition) is 2. The summed E-state index contributed by atoms with van der Waals surface area (Å²) in [4.78, 5) is 11.2. The Kier molecular flexibility index (Phi) is 5.44. The first kappa shape index (κ1) is 12.2. The van der Waals surface area contributed by atoms with Crippen molar-refractivity contribution in [3.05, 3.63) is 12.2 Å². The van der Waals surface area contributed by atoms with Crippen LogP contribution in [0.2, 0.25) is 0 Å². The fourth-order valence-electron chi connectivity index (χ4n) is 1.08. The Hall–Kier alpha value is -0.790. The van der Waals surface area contributed by atoms with E-state index in [1.807, 2.05) is 20.8 Å². The molecule has 0 aliphatic heterocycles. The highest BCUT2D eigenvalue weighted by Crippen LogP contribution is 2.22. The number of carbonyl (C=O) groups excluding carboxylic acids is 1. The molecule has 0 unspecified atom stereocenters. The summed E-state index contributed by atoms with van der Waals surface area (Å²) < 4.78 is 4.88. The van der Waals surface area contributed by atoms with Crippen molar-refractivity contribution in [1.29, 1.82) is 0 Å². The Bertz CT molecular complexity index is 181. The van der Waals surface area contributed by atoms with Crippen LogP contribution in [-0.4, -0.2) is 12.6 Å². The number of esters is 1. The first-order valence-electron chi connectivity index (χ1n) is 4.85. The van der Waals surface area contributed by atoms with Crippen LogP contribution in [0, 0.1) is 5.41 Å². The zero-order chi connectivity index (χ0) is 10.3. The molecule has 0 bridgehead atoms. The molecule has 76 valence electrons. The average molecular weight is 184 g/mol. The molecule has 0 rings (SSSR count).